The molecular formula is C33H61N3O7. The van der Waals surface area contributed by atoms with Gasteiger partial charge in [-0.2, -0.15) is 5.06 Å². The van der Waals surface area contributed by atoms with E-state index in [1.165, 1.54) is 25.7 Å². The van der Waals surface area contributed by atoms with Gasteiger partial charge in [-0.15, -0.1) is 0 Å². The Kier molecular flexibility index (Phi) is 17.4. The molecule has 1 unspecified atom stereocenters. The molecule has 1 heterocycles. The van der Waals surface area contributed by atoms with Crippen molar-refractivity contribution in [3.63, 3.8) is 0 Å². The van der Waals surface area contributed by atoms with Gasteiger partial charge in [-0.25, -0.2) is 9.59 Å². The molecule has 1 aliphatic rings. The first-order valence-corrected chi connectivity index (χ1v) is 16.2. The molecule has 1 saturated heterocycles. The van der Waals surface area contributed by atoms with Gasteiger partial charge in [-0.1, -0.05) is 59.0 Å². The molecule has 0 aromatic rings. The minimum Gasteiger partial charge on any atom is -0.463 e. The van der Waals surface area contributed by atoms with Crippen LogP contribution in [-0.4, -0.2) is 90.7 Å². The molecule has 10 nitrogen and oxygen atoms in total. The van der Waals surface area contributed by atoms with E-state index in [9.17, 15) is 14.4 Å². The average molecular weight is 612 g/mol. The monoisotopic (exact) mass is 611 g/mol. The lowest BCUT2D eigenvalue weighted by Gasteiger charge is -2.53. The largest absolute Gasteiger partial charge is 0.463 e. The van der Waals surface area contributed by atoms with Crippen LogP contribution < -0.4 is 5.32 Å². The number of alkyl carbamates (subject to hydrolysis) is 1. The summed E-state index contributed by atoms with van der Waals surface area (Å²) in [5.74, 6) is -1.03. The van der Waals surface area contributed by atoms with Crippen molar-refractivity contribution in [1.29, 1.82) is 0 Å². The predicted octanol–water partition coefficient (Wildman–Crippen LogP) is 6.18. The first-order chi connectivity index (χ1) is 20.2. The molecule has 1 fully saturated rings. The van der Waals surface area contributed by atoms with Gasteiger partial charge in [-0.05, 0) is 61.1 Å². The summed E-state index contributed by atoms with van der Waals surface area (Å²) in [6.45, 7) is 19.6. The molecule has 1 amide bonds. The number of carbonyl (C=O) groups excluding carboxylic acids is 3. The standard InChI is InChI=1S/C33H61N3O7/c1-10-13-15-16-17-18-22-42-36-31(4,5)23-27(24-32(36,6)7)43-30(39)34-33(8,25-40-28(37)12-3)26-41-29(38)19-21-35(9)20-14-11-2/h12,27H,3,10-11,13-26H2,1-2,4-9H3,(H,34,39). The molecule has 0 radical (unpaired) electrons. The number of hydrogen-bond acceptors (Lipinski definition) is 9. The summed E-state index contributed by atoms with van der Waals surface area (Å²) < 4.78 is 16.6. The second kappa shape index (κ2) is 19.3. The summed E-state index contributed by atoms with van der Waals surface area (Å²) in [6, 6.07) is 0. The van der Waals surface area contributed by atoms with Crippen molar-refractivity contribution in [1.82, 2.24) is 15.3 Å². The van der Waals surface area contributed by atoms with Gasteiger partial charge in [0.05, 0.1) is 13.0 Å². The van der Waals surface area contributed by atoms with E-state index in [-0.39, 0.29) is 36.8 Å². The highest BCUT2D eigenvalue weighted by atomic mass is 16.7. The maximum Gasteiger partial charge on any atom is 0.408 e. The quantitative estimate of drug-likeness (QED) is 0.0705. The molecule has 0 spiro atoms. The van der Waals surface area contributed by atoms with Crippen molar-refractivity contribution in [2.24, 2.45) is 0 Å². The lowest BCUT2D eigenvalue weighted by molar-refractivity contribution is -0.292. The number of hydroxylamine groups is 2. The van der Waals surface area contributed by atoms with Crippen LogP contribution in [0.5, 0.6) is 0 Å². The fraction of sp³-hybridized carbons (Fsp3) is 0.848. The predicted molar refractivity (Wildman–Crippen MR) is 170 cm³/mol. The molecule has 0 bridgehead atoms. The van der Waals surface area contributed by atoms with E-state index in [4.69, 9.17) is 19.0 Å². The van der Waals surface area contributed by atoms with E-state index < -0.39 is 23.6 Å². The van der Waals surface area contributed by atoms with Gasteiger partial charge in [0.1, 0.15) is 24.9 Å². The Hall–Kier alpha value is -2.17. The van der Waals surface area contributed by atoms with Gasteiger partial charge in [0.2, 0.25) is 0 Å². The van der Waals surface area contributed by atoms with Gasteiger partial charge in [-0.3, -0.25) is 9.63 Å². The SMILES string of the molecule is C=CC(=O)OCC(C)(COC(=O)CCN(C)CCCC)NC(=O)OC1CC(C)(C)N(OCCCCCCCC)C(C)(C)C1. The van der Waals surface area contributed by atoms with E-state index in [2.05, 4.69) is 63.4 Å². The van der Waals surface area contributed by atoms with Crippen molar-refractivity contribution in [3.05, 3.63) is 12.7 Å². The van der Waals surface area contributed by atoms with Crippen LogP contribution in [0.1, 0.15) is 119 Å². The third kappa shape index (κ3) is 15.4. The Morgan fingerprint density at radius 1 is 0.930 bits per heavy atom. The Bertz CT molecular complexity index is 845. The van der Waals surface area contributed by atoms with Crippen molar-refractivity contribution in [3.8, 4) is 0 Å². The van der Waals surface area contributed by atoms with Crippen LogP contribution in [0.4, 0.5) is 4.79 Å². The van der Waals surface area contributed by atoms with Crippen LogP contribution in [0.3, 0.4) is 0 Å². The number of piperidine rings is 1. The first kappa shape index (κ1) is 38.9. The van der Waals surface area contributed by atoms with Crippen LogP contribution in [0.2, 0.25) is 0 Å². The Morgan fingerprint density at radius 2 is 1.51 bits per heavy atom. The molecule has 250 valence electrons. The van der Waals surface area contributed by atoms with E-state index in [1.807, 2.05) is 7.05 Å². The Balaban J connectivity index is 2.74. The highest BCUT2D eigenvalue weighted by molar-refractivity contribution is 5.81. The van der Waals surface area contributed by atoms with Crippen LogP contribution in [0.25, 0.3) is 0 Å². The zero-order chi connectivity index (χ0) is 32.5. The van der Waals surface area contributed by atoms with Gasteiger partial charge in [0, 0.05) is 36.5 Å². The normalized spacial score (nSPS) is 18.1. The van der Waals surface area contributed by atoms with Crippen LogP contribution in [-0.2, 0) is 28.6 Å². The number of nitrogens with zero attached hydrogens (tertiary/aromatic N) is 2. The smallest absolute Gasteiger partial charge is 0.408 e. The molecule has 43 heavy (non-hydrogen) atoms. The van der Waals surface area contributed by atoms with Crippen molar-refractivity contribution in [2.45, 2.75) is 142 Å². The molecule has 0 saturated carbocycles. The highest BCUT2D eigenvalue weighted by Crippen LogP contribution is 2.40. The summed E-state index contributed by atoms with van der Waals surface area (Å²) in [5.41, 5.74) is -1.92. The van der Waals surface area contributed by atoms with Gasteiger partial charge >= 0.3 is 18.0 Å². The lowest BCUT2D eigenvalue weighted by atomic mass is 9.80. The zero-order valence-corrected chi connectivity index (χ0v) is 28.4. The van der Waals surface area contributed by atoms with Crippen molar-refractivity contribution >= 4 is 18.0 Å². The van der Waals surface area contributed by atoms with E-state index in [0.717, 1.165) is 38.3 Å². The molecule has 0 aliphatic carbocycles. The average Bonchev–Trinajstić information content (AvgIpc) is 2.92. The maximum atomic E-state index is 13.1. The summed E-state index contributed by atoms with van der Waals surface area (Å²) in [7, 11) is 1.97. The van der Waals surface area contributed by atoms with Crippen LogP contribution in [0.15, 0.2) is 12.7 Å². The topological polar surface area (TPSA) is 107 Å². The third-order valence-electron chi connectivity index (χ3n) is 7.79. The molecule has 1 atom stereocenters. The van der Waals surface area contributed by atoms with Gasteiger partial charge < -0.3 is 24.4 Å². The van der Waals surface area contributed by atoms with Gasteiger partial charge in [0.25, 0.3) is 0 Å². The number of hydrogen-bond donors (Lipinski definition) is 1. The summed E-state index contributed by atoms with van der Waals surface area (Å²) in [6.07, 6.45) is 10.8. The summed E-state index contributed by atoms with van der Waals surface area (Å²) in [4.78, 5) is 45.8. The van der Waals surface area contributed by atoms with Gasteiger partial charge in [0.15, 0.2) is 0 Å². The number of unbranched alkanes of at least 4 members (excludes halogenated alkanes) is 6. The number of esters is 2. The molecule has 0 aromatic carbocycles. The molecular weight excluding hydrogens is 550 g/mol. The molecule has 0 aromatic heterocycles. The second-order valence-corrected chi connectivity index (χ2v) is 13.5. The fourth-order valence-electron chi connectivity index (χ4n) is 5.61. The van der Waals surface area contributed by atoms with Crippen LogP contribution in [0, 0.1) is 0 Å². The number of rotatable bonds is 21. The molecule has 1 N–H and O–H groups in total. The molecule has 1 rings (SSSR count). The molecule has 10 heteroatoms. The van der Waals surface area contributed by atoms with E-state index in [1.54, 1.807) is 6.92 Å². The maximum absolute atomic E-state index is 13.1. The zero-order valence-electron chi connectivity index (χ0n) is 28.4. The summed E-state index contributed by atoms with van der Waals surface area (Å²) in [5, 5.41) is 4.86. The van der Waals surface area contributed by atoms with Crippen molar-refractivity contribution < 1.29 is 33.4 Å². The highest BCUT2D eigenvalue weighted by Gasteiger charge is 2.48. The first-order valence-electron chi connectivity index (χ1n) is 16.2. The number of nitrogens with one attached hydrogen (secondary N) is 1. The second-order valence-electron chi connectivity index (χ2n) is 13.5. The van der Waals surface area contributed by atoms with E-state index >= 15 is 0 Å². The number of amides is 1. The van der Waals surface area contributed by atoms with Crippen molar-refractivity contribution in [2.75, 3.05) is 40.0 Å². The number of ether oxygens (including phenoxy) is 3. The molecule has 1 aliphatic heterocycles. The number of carbonyl (C=O) groups is 3. The third-order valence-corrected chi connectivity index (χ3v) is 7.79. The fourth-order valence-corrected chi connectivity index (χ4v) is 5.61. The minimum absolute atomic E-state index is 0.175. The van der Waals surface area contributed by atoms with E-state index in [0.29, 0.717) is 26.0 Å². The minimum atomic E-state index is -1.19. The Morgan fingerprint density at radius 3 is 2.12 bits per heavy atom. The summed E-state index contributed by atoms with van der Waals surface area (Å²) >= 11 is 0. The van der Waals surface area contributed by atoms with Crippen LogP contribution >= 0.6 is 0 Å². The Labute approximate surface area is 261 Å². The lowest BCUT2D eigenvalue weighted by Crippen LogP contribution is -2.62.